The van der Waals surface area contributed by atoms with Crippen LogP contribution in [0.15, 0.2) is 29.3 Å². The molecule has 20 heavy (non-hydrogen) atoms. The average Bonchev–Trinajstić information content (AvgIpc) is 2.47. The second-order valence-electron chi connectivity index (χ2n) is 4.54. The number of aliphatic hydroxyl groups excluding tert-OH is 4. The van der Waals surface area contributed by atoms with Crippen molar-refractivity contribution in [3.63, 3.8) is 0 Å². The summed E-state index contributed by atoms with van der Waals surface area (Å²) in [4.78, 5) is 3.80. The molecule has 6 nitrogen and oxygen atoms in total. The molecule has 1 heterocycles. The molecule has 1 aromatic carbocycles. The van der Waals surface area contributed by atoms with E-state index < -0.39 is 37.1 Å². The van der Waals surface area contributed by atoms with Crippen LogP contribution in [-0.2, 0) is 4.74 Å². The number of nitrogens with zero attached hydrogens (tertiary/aromatic N) is 1. The summed E-state index contributed by atoms with van der Waals surface area (Å²) in [6, 6.07) is 6.66. The fourth-order valence-electron chi connectivity index (χ4n) is 2.17. The molecule has 0 aliphatic carbocycles. The van der Waals surface area contributed by atoms with Gasteiger partial charge in [0, 0.05) is 0 Å². The van der Waals surface area contributed by atoms with E-state index in [0.717, 1.165) is 0 Å². The number of rotatable bonds is 3. The highest BCUT2D eigenvalue weighted by atomic mass is 32.1. The number of hydrogen-bond donors (Lipinski definition) is 4. The Morgan fingerprint density at radius 1 is 1.10 bits per heavy atom. The Morgan fingerprint density at radius 3 is 2.30 bits per heavy atom. The van der Waals surface area contributed by atoms with Crippen molar-refractivity contribution < 1.29 is 25.2 Å². The number of ether oxygens (including phenoxy) is 1. The number of aliphatic imine (C=N–C) groups is 1. The van der Waals surface area contributed by atoms with Gasteiger partial charge in [-0.25, -0.2) is 0 Å². The van der Waals surface area contributed by atoms with Crippen molar-refractivity contribution >= 4 is 23.1 Å². The second-order valence-corrected chi connectivity index (χ2v) is 4.73. The monoisotopic (exact) mass is 297 g/mol. The summed E-state index contributed by atoms with van der Waals surface area (Å²) >= 11 is 4.50. The predicted octanol–water partition coefficient (Wildman–Crippen LogP) is -0.0642. The van der Waals surface area contributed by atoms with Crippen LogP contribution in [0.25, 0.3) is 0 Å². The van der Waals surface area contributed by atoms with Crippen molar-refractivity contribution in [2.24, 2.45) is 4.99 Å². The number of hydrogen-bond acceptors (Lipinski definition) is 7. The molecule has 0 radical (unpaired) electrons. The van der Waals surface area contributed by atoms with Gasteiger partial charge in [-0.1, -0.05) is 12.1 Å². The molecule has 5 atom stereocenters. The summed E-state index contributed by atoms with van der Waals surface area (Å²) in [6.45, 7) is -0.450. The Bertz CT molecular complexity index is 500. The topological polar surface area (TPSA) is 103 Å². The van der Waals surface area contributed by atoms with Crippen LogP contribution < -0.4 is 0 Å². The van der Waals surface area contributed by atoms with Crippen LogP contribution in [-0.4, -0.2) is 56.6 Å². The summed E-state index contributed by atoms with van der Waals surface area (Å²) in [5, 5.41) is 40.8. The molecule has 1 fully saturated rings. The lowest BCUT2D eigenvalue weighted by Crippen LogP contribution is -2.55. The van der Waals surface area contributed by atoms with Crippen molar-refractivity contribution in [3.05, 3.63) is 29.8 Å². The molecular weight excluding hydrogens is 282 g/mol. The molecule has 0 aromatic heterocycles. The Balaban J connectivity index is 2.24. The van der Waals surface area contributed by atoms with E-state index in [4.69, 9.17) is 9.84 Å². The first kappa shape index (κ1) is 15.2. The molecule has 1 saturated heterocycles. The van der Waals surface area contributed by atoms with Gasteiger partial charge in [-0.3, -0.25) is 0 Å². The zero-order chi connectivity index (χ0) is 14.7. The van der Waals surface area contributed by atoms with Crippen molar-refractivity contribution in [2.45, 2.75) is 30.5 Å². The van der Waals surface area contributed by atoms with Crippen LogP contribution >= 0.6 is 12.2 Å². The molecule has 2 rings (SSSR count). The van der Waals surface area contributed by atoms with Crippen LogP contribution in [0.4, 0.5) is 5.69 Å². The molecule has 108 valence electrons. The van der Waals surface area contributed by atoms with E-state index in [1.54, 1.807) is 24.3 Å². The van der Waals surface area contributed by atoms with Crippen molar-refractivity contribution in [2.75, 3.05) is 6.61 Å². The fraction of sp³-hybridized carbons (Fsp3) is 0.462. The number of isothiocyanates is 1. The number of thiocarbonyl (C=S) groups is 1. The second kappa shape index (κ2) is 6.51. The van der Waals surface area contributed by atoms with E-state index in [2.05, 4.69) is 22.4 Å². The van der Waals surface area contributed by atoms with Crippen LogP contribution in [0, 0.1) is 0 Å². The molecule has 1 aromatic rings. The van der Waals surface area contributed by atoms with Gasteiger partial charge in [0.25, 0.3) is 0 Å². The van der Waals surface area contributed by atoms with Crippen LogP contribution in [0.3, 0.4) is 0 Å². The highest BCUT2D eigenvalue weighted by molar-refractivity contribution is 7.78. The maximum absolute atomic E-state index is 9.98. The SMILES string of the molecule is OCC1OC(c2ccc(N=C=S)cc2)C(O)C(O)C1O. The standard InChI is InChI=1S/C13H15NO5S/c15-5-9-10(16)11(17)12(18)13(19-9)7-1-3-8(4-2-7)14-6-20/h1-4,9-13,15-18H,5H2. The van der Waals surface area contributed by atoms with Gasteiger partial charge >= 0.3 is 0 Å². The van der Waals surface area contributed by atoms with Gasteiger partial charge < -0.3 is 25.2 Å². The Kier molecular flexibility index (Phi) is 4.95. The highest BCUT2D eigenvalue weighted by Crippen LogP contribution is 2.32. The van der Waals surface area contributed by atoms with Gasteiger partial charge in [0.05, 0.1) is 17.5 Å². The molecule has 4 N–H and O–H groups in total. The molecule has 0 saturated carbocycles. The van der Waals surface area contributed by atoms with Gasteiger partial charge in [0.1, 0.15) is 30.5 Å². The zero-order valence-electron chi connectivity index (χ0n) is 10.5. The molecule has 0 amide bonds. The third-order valence-corrected chi connectivity index (χ3v) is 3.38. The molecular formula is C13H15NO5S. The van der Waals surface area contributed by atoms with E-state index in [1.807, 2.05) is 0 Å². The lowest BCUT2D eigenvalue weighted by atomic mass is 9.91. The molecule has 0 bridgehead atoms. The van der Waals surface area contributed by atoms with Gasteiger partial charge in [-0.15, -0.1) is 0 Å². The van der Waals surface area contributed by atoms with Crippen molar-refractivity contribution in [3.8, 4) is 0 Å². The quantitative estimate of drug-likeness (QED) is 0.460. The maximum atomic E-state index is 9.98. The summed E-state index contributed by atoms with van der Waals surface area (Å²) in [6.07, 6.45) is -5.78. The van der Waals surface area contributed by atoms with Crippen LogP contribution in [0.5, 0.6) is 0 Å². The van der Waals surface area contributed by atoms with Crippen molar-refractivity contribution in [1.82, 2.24) is 0 Å². The van der Waals surface area contributed by atoms with Gasteiger partial charge in [-0.05, 0) is 29.9 Å². The first-order valence-electron chi connectivity index (χ1n) is 6.07. The number of aliphatic hydroxyl groups is 4. The summed E-state index contributed by atoms with van der Waals surface area (Å²) in [5.74, 6) is 0. The Hall–Kier alpha value is -1.18. The average molecular weight is 297 g/mol. The summed E-state index contributed by atoms with van der Waals surface area (Å²) in [7, 11) is 0. The highest BCUT2D eigenvalue weighted by Gasteiger charge is 2.43. The zero-order valence-corrected chi connectivity index (χ0v) is 11.3. The summed E-state index contributed by atoms with van der Waals surface area (Å²) in [5.41, 5.74) is 1.21. The summed E-state index contributed by atoms with van der Waals surface area (Å²) < 4.78 is 5.44. The van der Waals surface area contributed by atoms with E-state index in [-0.39, 0.29) is 0 Å². The molecule has 1 aliphatic rings. The lowest BCUT2D eigenvalue weighted by molar-refractivity contribution is -0.231. The van der Waals surface area contributed by atoms with E-state index in [1.165, 1.54) is 0 Å². The molecule has 0 spiro atoms. The van der Waals surface area contributed by atoms with Crippen molar-refractivity contribution in [1.29, 1.82) is 0 Å². The Labute approximate surface area is 121 Å². The van der Waals surface area contributed by atoms with Gasteiger partial charge in [-0.2, -0.15) is 4.99 Å². The third kappa shape index (κ3) is 2.94. The first-order valence-corrected chi connectivity index (χ1v) is 6.47. The van der Waals surface area contributed by atoms with Crippen LogP contribution in [0.1, 0.15) is 11.7 Å². The fourth-order valence-corrected chi connectivity index (χ4v) is 2.27. The first-order chi connectivity index (χ1) is 9.58. The third-order valence-electron chi connectivity index (χ3n) is 3.29. The van der Waals surface area contributed by atoms with Gasteiger partial charge in [0.2, 0.25) is 0 Å². The van der Waals surface area contributed by atoms with Gasteiger partial charge in [0.15, 0.2) is 0 Å². The predicted molar refractivity (Wildman–Crippen MR) is 73.8 cm³/mol. The van der Waals surface area contributed by atoms with E-state index >= 15 is 0 Å². The van der Waals surface area contributed by atoms with E-state index in [9.17, 15) is 15.3 Å². The normalized spacial score (nSPS) is 33.5. The lowest BCUT2D eigenvalue weighted by Gasteiger charge is -2.40. The molecule has 1 aliphatic heterocycles. The minimum Gasteiger partial charge on any atom is -0.394 e. The number of benzene rings is 1. The van der Waals surface area contributed by atoms with Crippen LogP contribution in [0.2, 0.25) is 0 Å². The largest absolute Gasteiger partial charge is 0.394 e. The van der Waals surface area contributed by atoms with E-state index in [0.29, 0.717) is 11.3 Å². The molecule has 7 heteroatoms. The minimum absolute atomic E-state index is 0.450. The molecule has 5 unspecified atom stereocenters. The Morgan fingerprint density at radius 2 is 1.75 bits per heavy atom. The minimum atomic E-state index is -1.38. The maximum Gasteiger partial charge on any atom is 0.113 e. The smallest absolute Gasteiger partial charge is 0.113 e.